The zero-order valence-electron chi connectivity index (χ0n) is 9.78. The third-order valence-corrected chi connectivity index (χ3v) is 6.34. The Balaban J connectivity index is 2.33. The maximum absolute atomic E-state index is 13.0. The molecule has 0 saturated heterocycles. The lowest BCUT2D eigenvalue weighted by atomic mass is 10.3. The van der Waals surface area contributed by atoms with Gasteiger partial charge in [0.25, 0.3) is 10.0 Å². The average molecular weight is 365 g/mol. The van der Waals surface area contributed by atoms with E-state index in [0.29, 0.717) is 0 Å². The number of halogens is 2. The largest absolute Gasteiger partial charge is 0.396 e. The van der Waals surface area contributed by atoms with Gasteiger partial charge < -0.3 is 5.73 Å². The molecular formula is C11H10BrFN2O2S2. The minimum absolute atomic E-state index is 0.108. The van der Waals surface area contributed by atoms with Crippen LogP contribution in [0.4, 0.5) is 15.8 Å². The predicted molar refractivity (Wildman–Crippen MR) is 78.4 cm³/mol. The van der Waals surface area contributed by atoms with Crippen LogP contribution < -0.4 is 10.5 Å². The van der Waals surface area contributed by atoms with Gasteiger partial charge >= 0.3 is 0 Å². The van der Waals surface area contributed by atoms with E-state index in [1.54, 1.807) is 13.0 Å². The highest BCUT2D eigenvalue weighted by Gasteiger charge is 2.18. The molecule has 0 aliphatic rings. The van der Waals surface area contributed by atoms with Crippen LogP contribution in [-0.4, -0.2) is 8.42 Å². The molecule has 0 atom stereocenters. The van der Waals surface area contributed by atoms with Crippen LogP contribution >= 0.6 is 27.3 Å². The number of nitrogens with one attached hydrogen (secondary N) is 1. The highest BCUT2D eigenvalue weighted by Crippen LogP contribution is 2.31. The first-order valence-corrected chi connectivity index (χ1v) is 8.22. The number of hydrogen-bond acceptors (Lipinski definition) is 4. The van der Waals surface area contributed by atoms with Crippen molar-refractivity contribution in [3.63, 3.8) is 0 Å². The maximum atomic E-state index is 13.0. The second-order valence-electron chi connectivity index (χ2n) is 3.86. The Kier molecular flexibility index (Phi) is 3.84. The average Bonchev–Trinajstić information content (AvgIpc) is 2.65. The number of anilines is 2. The Morgan fingerprint density at radius 3 is 2.58 bits per heavy atom. The first-order valence-electron chi connectivity index (χ1n) is 5.13. The van der Waals surface area contributed by atoms with E-state index in [1.165, 1.54) is 12.1 Å². The third kappa shape index (κ3) is 3.07. The second-order valence-corrected chi connectivity index (χ2v) is 8.14. The quantitative estimate of drug-likeness (QED) is 0.820. The van der Waals surface area contributed by atoms with E-state index in [1.807, 2.05) is 0 Å². The van der Waals surface area contributed by atoms with Crippen LogP contribution in [0, 0.1) is 12.7 Å². The Bertz CT molecular complexity index is 709. The molecule has 0 fully saturated rings. The third-order valence-electron chi connectivity index (χ3n) is 2.35. The van der Waals surface area contributed by atoms with Crippen molar-refractivity contribution in [1.29, 1.82) is 0 Å². The van der Waals surface area contributed by atoms with Crippen molar-refractivity contribution in [2.75, 3.05) is 10.5 Å². The Morgan fingerprint density at radius 1 is 1.37 bits per heavy atom. The zero-order chi connectivity index (χ0) is 14.2. The second kappa shape index (κ2) is 5.10. The summed E-state index contributed by atoms with van der Waals surface area (Å²) in [6, 6.07) is 5.23. The van der Waals surface area contributed by atoms with Gasteiger partial charge in [-0.05, 0) is 52.7 Å². The predicted octanol–water partition coefficient (Wildman–Crippen LogP) is 3.34. The number of benzene rings is 1. The summed E-state index contributed by atoms with van der Waals surface area (Å²) < 4.78 is 40.5. The Labute approximate surface area is 122 Å². The minimum atomic E-state index is -3.68. The lowest BCUT2D eigenvalue weighted by Gasteiger charge is -2.07. The zero-order valence-corrected chi connectivity index (χ0v) is 13.0. The summed E-state index contributed by atoms with van der Waals surface area (Å²) in [7, 11) is -3.68. The molecule has 2 rings (SSSR count). The summed E-state index contributed by atoms with van der Waals surface area (Å²) in [5.74, 6) is -0.585. The number of nitrogen functional groups attached to an aromatic ring is 1. The van der Waals surface area contributed by atoms with E-state index < -0.39 is 15.8 Å². The summed E-state index contributed by atoms with van der Waals surface area (Å²) in [5, 5.41) is 0. The first-order chi connectivity index (χ1) is 8.79. The maximum Gasteiger partial charge on any atom is 0.271 e. The van der Waals surface area contributed by atoms with Gasteiger partial charge in [-0.15, -0.1) is 11.3 Å². The summed E-state index contributed by atoms with van der Waals surface area (Å²) >= 11 is 4.38. The fourth-order valence-corrected chi connectivity index (χ4v) is 4.65. The molecule has 102 valence electrons. The highest BCUT2D eigenvalue weighted by atomic mass is 79.9. The molecule has 0 unspecified atom stereocenters. The first kappa shape index (κ1) is 14.3. The van der Waals surface area contributed by atoms with E-state index in [-0.39, 0.29) is 15.6 Å². The topological polar surface area (TPSA) is 72.2 Å². The SMILES string of the molecule is Cc1cc(S(=O)(=O)Nc2ccc(F)c(N)c2)sc1Br. The molecule has 0 spiro atoms. The van der Waals surface area contributed by atoms with Gasteiger partial charge in [0, 0.05) is 0 Å². The molecule has 0 aliphatic carbocycles. The normalized spacial score (nSPS) is 11.5. The van der Waals surface area contributed by atoms with Gasteiger partial charge in [0.2, 0.25) is 0 Å². The molecule has 4 nitrogen and oxygen atoms in total. The van der Waals surface area contributed by atoms with Gasteiger partial charge in [0.1, 0.15) is 10.0 Å². The molecule has 1 heterocycles. The molecule has 3 N–H and O–H groups in total. The van der Waals surface area contributed by atoms with E-state index in [2.05, 4.69) is 20.7 Å². The van der Waals surface area contributed by atoms with Crippen molar-refractivity contribution in [3.8, 4) is 0 Å². The fourth-order valence-electron chi connectivity index (χ4n) is 1.38. The molecule has 2 aromatic rings. The van der Waals surface area contributed by atoms with Crippen molar-refractivity contribution in [3.05, 3.63) is 39.4 Å². The van der Waals surface area contributed by atoms with E-state index in [0.717, 1.165) is 26.8 Å². The number of thiophene rings is 1. The standard InChI is InChI=1S/C11H10BrFN2O2S2/c1-6-4-10(18-11(6)12)19(16,17)15-7-2-3-8(13)9(14)5-7/h2-5,15H,14H2,1H3. The summed E-state index contributed by atoms with van der Waals surface area (Å²) in [5.41, 5.74) is 6.34. The van der Waals surface area contributed by atoms with E-state index >= 15 is 0 Å². The smallest absolute Gasteiger partial charge is 0.271 e. The molecule has 1 aromatic carbocycles. The van der Waals surface area contributed by atoms with Gasteiger partial charge in [-0.3, -0.25) is 4.72 Å². The minimum Gasteiger partial charge on any atom is -0.396 e. The van der Waals surface area contributed by atoms with Crippen LogP contribution in [0.25, 0.3) is 0 Å². The van der Waals surface area contributed by atoms with Gasteiger partial charge in [-0.25, -0.2) is 12.8 Å². The molecule has 0 aliphatic heterocycles. The van der Waals surface area contributed by atoms with Crippen LogP contribution in [0.3, 0.4) is 0 Å². The number of rotatable bonds is 3. The van der Waals surface area contributed by atoms with Crippen LogP contribution in [0.1, 0.15) is 5.56 Å². The molecule has 0 saturated carbocycles. The summed E-state index contributed by atoms with van der Waals surface area (Å²) in [4.78, 5) is 0. The van der Waals surface area contributed by atoms with Gasteiger partial charge in [0.15, 0.2) is 0 Å². The molecule has 19 heavy (non-hydrogen) atoms. The number of aryl methyl sites for hydroxylation is 1. The van der Waals surface area contributed by atoms with Crippen molar-refractivity contribution in [2.24, 2.45) is 0 Å². The number of nitrogens with two attached hydrogens (primary N) is 1. The molecular weight excluding hydrogens is 355 g/mol. The molecule has 0 amide bonds. The summed E-state index contributed by atoms with van der Waals surface area (Å²) in [6.07, 6.45) is 0. The highest BCUT2D eigenvalue weighted by molar-refractivity contribution is 9.11. The molecule has 0 bridgehead atoms. The summed E-state index contributed by atoms with van der Waals surface area (Å²) in [6.45, 7) is 1.80. The van der Waals surface area contributed by atoms with Crippen molar-refractivity contribution in [2.45, 2.75) is 11.1 Å². The Morgan fingerprint density at radius 2 is 2.05 bits per heavy atom. The lowest BCUT2D eigenvalue weighted by Crippen LogP contribution is -2.11. The lowest BCUT2D eigenvalue weighted by molar-refractivity contribution is 0.603. The molecule has 1 aromatic heterocycles. The van der Waals surface area contributed by atoms with Gasteiger partial charge in [0.05, 0.1) is 15.2 Å². The molecule has 0 radical (unpaired) electrons. The Hall–Kier alpha value is -1.12. The van der Waals surface area contributed by atoms with Crippen molar-refractivity contribution < 1.29 is 12.8 Å². The van der Waals surface area contributed by atoms with E-state index in [9.17, 15) is 12.8 Å². The van der Waals surface area contributed by atoms with Gasteiger partial charge in [-0.1, -0.05) is 0 Å². The number of hydrogen-bond donors (Lipinski definition) is 2. The number of sulfonamides is 1. The monoisotopic (exact) mass is 364 g/mol. The van der Waals surface area contributed by atoms with Crippen molar-refractivity contribution >= 4 is 48.7 Å². The van der Waals surface area contributed by atoms with Gasteiger partial charge in [-0.2, -0.15) is 0 Å². The van der Waals surface area contributed by atoms with Crippen LogP contribution in [0.5, 0.6) is 0 Å². The van der Waals surface area contributed by atoms with Crippen LogP contribution in [0.2, 0.25) is 0 Å². The fraction of sp³-hybridized carbons (Fsp3) is 0.0909. The van der Waals surface area contributed by atoms with Crippen LogP contribution in [0.15, 0.2) is 32.3 Å². The molecule has 8 heteroatoms. The van der Waals surface area contributed by atoms with Crippen molar-refractivity contribution in [1.82, 2.24) is 0 Å². The van der Waals surface area contributed by atoms with E-state index in [4.69, 9.17) is 5.73 Å². The van der Waals surface area contributed by atoms with Crippen LogP contribution in [-0.2, 0) is 10.0 Å².